The fraction of sp³-hybridized carbons (Fsp3) is 0.300. The van der Waals surface area contributed by atoms with Gasteiger partial charge >= 0.3 is 5.37 Å². The van der Waals surface area contributed by atoms with E-state index in [2.05, 4.69) is 5.32 Å². The molecule has 2 nitrogen and oxygen atoms in total. The molecule has 1 amide bonds. The Bertz CT molecular complexity index is 302. The van der Waals surface area contributed by atoms with Crippen LogP contribution in [0.1, 0.15) is 18.4 Å². The van der Waals surface area contributed by atoms with E-state index < -0.39 is 10.9 Å². The van der Waals surface area contributed by atoms with E-state index in [1.54, 1.807) is 0 Å². The Morgan fingerprint density at radius 2 is 1.93 bits per heavy atom. The Labute approximate surface area is 93.2 Å². The monoisotopic (exact) mass is 231 g/mol. The van der Waals surface area contributed by atoms with Gasteiger partial charge in [-0.2, -0.15) is 0 Å². The summed E-state index contributed by atoms with van der Waals surface area (Å²) in [4.78, 5) is 10.6. The first-order valence-electron chi connectivity index (χ1n) is 4.26. The second-order valence-electron chi connectivity index (χ2n) is 3.02. The second kappa shape index (κ2) is 5.23. The number of alkyl halides is 1. The average Bonchev–Trinajstić information content (AvgIpc) is 2.17. The van der Waals surface area contributed by atoms with Crippen LogP contribution in [0.3, 0.4) is 0 Å². The van der Waals surface area contributed by atoms with Crippen molar-refractivity contribution in [3.63, 3.8) is 0 Å². The molecule has 2 unspecified atom stereocenters. The summed E-state index contributed by atoms with van der Waals surface area (Å²) in [6, 6.07) is 9.70. The normalized spacial score (nSPS) is 14.5. The van der Waals surface area contributed by atoms with E-state index in [9.17, 15) is 4.79 Å². The van der Waals surface area contributed by atoms with Gasteiger partial charge in [0.05, 0.1) is 0 Å². The number of benzene rings is 1. The third kappa shape index (κ3) is 3.20. The van der Waals surface area contributed by atoms with Gasteiger partial charge < -0.3 is 5.32 Å². The molecule has 1 N–H and O–H groups in total. The molecule has 0 aliphatic rings. The van der Waals surface area contributed by atoms with Gasteiger partial charge in [0.1, 0.15) is 5.50 Å². The summed E-state index contributed by atoms with van der Waals surface area (Å²) in [5.74, 6) is 0.0283. The van der Waals surface area contributed by atoms with Crippen molar-refractivity contribution >= 4 is 28.6 Å². The van der Waals surface area contributed by atoms with Crippen molar-refractivity contribution < 1.29 is 4.79 Å². The molecule has 1 aromatic rings. The summed E-state index contributed by atoms with van der Waals surface area (Å²) in [5.41, 5.74) is 0.584. The molecular formula is C10H11Cl2NO. The lowest BCUT2D eigenvalue weighted by Crippen LogP contribution is -2.30. The fourth-order valence-electron chi connectivity index (χ4n) is 1.16. The van der Waals surface area contributed by atoms with Crippen LogP contribution in [-0.4, -0.2) is 10.9 Å². The van der Waals surface area contributed by atoms with Crippen molar-refractivity contribution in [2.24, 2.45) is 0 Å². The minimum Gasteiger partial charge on any atom is -0.326 e. The van der Waals surface area contributed by atoms with Crippen LogP contribution in [-0.2, 0) is 0 Å². The van der Waals surface area contributed by atoms with E-state index in [0.29, 0.717) is 0 Å². The Kier molecular flexibility index (Phi) is 4.23. The van der Waals surface area contributed by atoms with Gasteiger partial charge in [-0.05, 0) is 17.2 Å². The van der Waals surface area contributed by atoms with Crippen molar-refractivity contribution in [1.82, 2.24) is 5.32 Å². The van der Waals surface area contributed by atoms with Gasteiger partial charge in [-0.15, -0.1) is 0 Å². The fourth-order valence-corrected chi connectivity index (χ4v) is 1.58. The van der Waals surface area contributed by atoms with Crippen LogP contribution in [0.5, 0.6) is 0 Å². The standard InChI is InChI=1S/C10H11Cl2NO/c1-7(9(11)13-10(12)14)8-5-3-2-4-6-8/h2-7,9H,1H3,(H,13,14). The van der Waals surface area contributed by atoms with Crippen molar-refractivity contribution in [2.45, 2.75) is 18.3 Å². The van der Waals surface area contributed by atoms with Gasteiger partial charge in [0.15, 0.2) is 0 Å². The number of nitrogens with one attached hydrogen (secondary N) is 1. The van der Waals surface area contributed by atoms with E-state index in [-0.39, 0.29) is 5.92 Å². The summed E-state index contributed by atoms with van der Waals surface area (Å²) in [5, 5.41) is 1.80. The zero-order chi connectivity index (χ0) is 10.6. The quantitative estimate of drug-likeness (QED) is 0.483. The number of carbonyl (C=O) groups excluding carboxylic acids is 1. The third-order valence-corrected chi connectivity index (χ3v) is 2.61. The molecule has 1 aromatic carbocycles. The average molecular weight is 232 g/mol. The first kappa shape index (κ1) is 11.3. The molecule has 1 rings (SSSR count). The predicted molar refractivity (Wildman–Crippen MR) is 58.9 cm³/mol. The maximum atomic E-state index is 10.6. The molecule has 76 valence electrons. The maximum Gasteiger partial charge on any atom is 0.314 e. The minimum atomic E-state index is -0.632. The summed E-state index contributed by atoms with van der Waals surface area (Å²) in [7, 11) is 0. The summed E-state index contributed by atoms with van der Waals surface area (Å²) < 4.78 is 0. The minimum absolute atomic E-state index is 0.0283. The van der Waals surface area contributed by atoms with Gasteiger partial charge in [-0.1, -0.05) is 48.9 Å². The van der Waals surface area contributed by atoms with E-state index in [4.69, 9.17) is 23.2 Å². The van der Waals surface area contributed by atoms with Crippen LogP contribution in [0.4, 0.5) is 4.79 Å². The molecule has 0 fully saturated rings. The van der Waals surface area contributed by atoms with Crippen molar-refractivity contribution in [1.29, 1.82) is 0 Å². The molecule has 14 heavy (non-hydrogen) atoms. The van der Waals surface area contributed by atoms with E-state index in [1.807, 2.05) is 37.3 Å². The lowest BCUT2D eigenvalue weighted by atomic mass is 10.0. The molecule has 0 spiro atoms. The number of hydrogen-bond donors (Lipinski definition) is 1. The Balaban J connectivity index is 2.65. The molecule has 0 saturated heterocycles. The first-order valence-corrected chi connectivity index (χ1v) is 5.07. The van der Waals surface area contributed by atoms with Crippen LogP contribution in [0.15, 0.2) is 30.3 Å². The highest BCUT2D eigenvalue weighted by molar-refractivity contribution is 6.63. The molecule has 4 heteroatoms. The highest BCUT2D eigenvalue weighted by Crippen LogP contribution is 2.21. The molecule has 0 radical (unpaired) electrons. The maximum absolute atomic E-state index is 10.6. The largest absolute Gasteiger partial charge is 0.326 e. The number of rotatable bonds is 3. The number of amides is 1. The molecular weight excluding hydrogens is 221 g/mol. The molecule has 0 heterocycles. The van der Waals surface area contributed by atoms with Gasteiger partial charge in [0, 0.05) is 5.92 Å². The lowest BCUT2D eigenvalue weighted by molar-refractivity contribution is 0.258. The van der Waals surface area contributed by atoms with Crippen molar-refractivity contribution in [3.05, 3.63) is 35.9 Å². The predicted octanol–water partition coefficient (Wildman–Crippen LogP) is 3.30. The highest BCUT2D eigenvalue weighted by atomic mass is 35.5. The van der Waals surface area contributed by atoms with Crippen LogP contribution >= 0.6 is 23.2 Å². The molecule has 2 atom stereocenters. The molecule has 0 aromatic heterocycles. The number of hydrogen-bond acceptors (Lipinski definition) is 1. The lowest BCUT2D eigenvalue weighted by Gasteiger charge is -2.18. The van der Waals surface area contributed by atoms with Gasteiger partial charge in [-0.25, -0.2) is 0 Å². The van der Waals surface area contributed by atoms with Gasteiger partial charge in [-0.3, -0.25) is 4.79 Å². The Hall–Kier alpha value is -0.730. The number of carbonyl (C=O) groups is 1. The SMILES string of the molecule is CC(c1ccccc1)C(Cl)NC(=O)Cl. The molecule has 0 saturated carbocycles. The van der Waals surface area contributed by atoms with E-state index in [0.717, 1.165) is 5.56 Å². The molecule has 0 aliphatic carbocycles. The van der Waals surface area contributed by atoms with Crippen LogP contribution in [0, 0.1) is 0 Å². The number of halogens is 2. The Morgan fingerprint density at radius 3 is 2.43 bits per heavy atom. The van der Waals surface area contributed by atoms with Crippen LogP contribution in [0.25, 0.3) is 0 Å². The molecule has 0 aliphatic heterocycles. The zero-order valence-electron chi connectivity index (χ0n) is 7.71. The van der Waals surface area contributed by atoms with Crippen LogP contribution in [0.2, 0.25) is 0 Å². The second-order valence-corrected chi connectivity index (χ2v) is 3.83. The van der Waals surface area contributed by atoms with Gasteiger partial charge in [0.25, 0.3) is 0 Å². The van der Waals surface area contributed by atoms with Gasteiger partial charge in [0.2, 0.25) is 0 Å². The van der Waals surface area contributed by atoms with Crippen molar-refractivity contribution in [3.8, 4) is 0 Å². The summed E-state index contributed by atoms with van der Waals surface area (Å²) >= 11 is 11.1. The smallest absolute Gasteiger partial charge is 0.314 e. The topological polar surface area (TPSA) is 29.1 Å². The van der Waals surface area contributed by atoms with E-state index in [1.165, 1.54) is 0 Å². The van der Waals surface area contributed by atoms with Crippen LogP contribution < -0.4 is 5.32 Å². The zero-order valence-corrected chi connectivity index (χ0v) is 9.22. The molecule has 0 bridgehead atoms. The van der Waals surface area contributed by atoms with Crippen molar-refractivity contribution in [2.75, 3.05) is 0 Å². The summed E-state index contributed by atoms with van der Waals surface area (Å²) in [6.07, 6.45) is 0. The highest BCUT2D eigenvalue weighted by Gasteiger charge is 2.17. The third-order valence-electron chi connectivity index (χ3n) is 2.02. The van der Waals surface area contributed by atoms with E-state index >= 15 is 0 Å². The Morgan fingerprint density at radius 1 is 1.36 bits per heavy atom. The first-order chi connectivity index (χ1) is 6.61. The summed E-state index contributed by atoms with van der Waals surface area (Å²) in [6.45, 7) is 1.93.